The van der Waals surface area contributed by atoms with Gasteiger partial charge in [-0.25, -0.2) is 4.98 Å². The fraction of sp³-hybridized carbons (Fsp3) is 0.130. The Balaban J connectivity index is 0.000000246. The van der Waals surface area contributed by atoms with Crippen molar-refractivity contribution in [1.29, 1.82) is 0 Å². The van der Waals surface area contributed by atoms with Crippen molar-refractivity contribution in [2.75, 3.05) is 0 Å². The van der Waals surface area contributed by atoms with Gasteiger partial charge in [0.05, 0.1) is 24.9 Å². The first-order chi connectivity index (χ1) is 26.8. The maximum Gasteiger partial charge on any atom is 0.113 e. The minimum absolute atomic E-state index is 0. The first-order valence-corrected chi connectivity index (χ1v) is 21.9. The summed E-state index contributed by atoms with van der Waals surface area (Å²) >= 11 is 1.62. The molecule has 0 spiro atoms. The zero-order chi connectivity index (χ0) is 39.2. The minimum Gasteiger partial charge on any atom is -0.333 e. The maximum atomic E-state index is 7.76. The summed E-state index contributed by atoms with van der Waals surface area (Å²) in [7, 11) is -1.23. The van der Waals surface area contributed by atoms with E-state index in [2.05, 4.69) is 87.7 Å². The molecule has 0 aliphatic rings. The summed E-state index contributed by atoms with van der Waals surface area (Å²) in [5.41, 5.74) is 9.97. The van der Waals surface area contributed by atoms with Gasteiger partial charge in [0.2, 0.25) is 0 Å². The van der Waals surface area contributed by atoms with Gasteiger partial charge in [0, 0.05) is 59.1 Å². The summed E-state index contributed by atoms with van der Waals surface area (Å²) in [4.78, 5) is 19.8. The number of hydrogen-bond acceptors (Lipinski definition) is 5. The van der Waals surface area contributed by atoms with E-state index >= 15 is 0 Å². The van der Waals surface area contributed by atoms with Crippen LogP contribution in [0.25, 0.3) is 70.8 Å². The van der Waals surface area contributed by atoms with Crippen LogP contribution < -0.4 is 5.19 Å². The number of hydrogen-bond donors (Lipinski definition) is 0. The van der Waals surface area contributed by atoms with E-state index in [0.717, 1.165) is 82.2 Å². The first-order valence-electron chi connectivity index (χ1n) is 19.0. The van der Waals surface area contributed by atoms with Crippen LogP contribution in [-0.2, 0) is 20.1 Å². The fourth-order valence-corrected chi connectivity index (χ4v) is 8.84. The molecular weight excluding hydrogens is 875 g/mol. The summed E-state index contributed by atoms with van der Waals surface area (Å²) in [5, 5.41) is 3.50. The molecule has 0 aliphatic carbocycles. The van der Waals surface area contributed by atoms with Gasteiger partial charge in [0.15, 0.2) is 0 Å². The molecule has 1 radical (unpaired) electrons. The van der Waals surface area contributed by atoms with Crippen LogP contribution in [-0.4, -0.2) is 32.6 Å². The largest absolute Gasteiger partial charge is 0.333 e. The number of imidazole rings is 1. The van der Waals surface area contributed by atoms with Crippen molar-refractivity contribution in [1.82, 2.24) is 24.5 Å². The van der Waals surface area contributed by atoms with E-state index < -0.39 is 14.9 Å². The molecule has 54 heavy (non-hydrogen) atoms. The Morgan fingerprint density at radius 1 is 0.796 bits per heavy atom. The van der Waals surface area contributed by atoms with Gasteiger partial charge in [-0.05, 0) is 66.6 Å². The summed E-state index contributed by atoms with van der Waals surface area (Å²) in [6.07, 6.45) is 3.83. The molecule has 5 nitrogen and oxygen atoms in total. The third kappa shape index (κ3) is 7.35. The van der Waals surface area contributed by atoms with Gasteiger partial charge in [-0.2, -0.15) is 11.3 Å². The van der Waals surface area contributed by atoms with E-state index in [4.69, 9.17) is 9.10 Å². The van der Waals surface area contributed by atoms with E-state index in [1.165, 1.54) is 5.19 Å². The Morgan fingerprint density at radius 3 is 2.28 bits per heavy atom. The van der Waals surface area contributed by atoms with E-state index in [1.807, 2.05) is 93.0 Å². The average molecular weight is 917 g/mol. The number of aryl methyl sites for hydroxylation is 3. The summed E-state index contributed by atoms with van der Waals surface area (Å²) in [6, 6.07) is 44.5. The van der Waals surface area contributed by atoms with Gasteiger partial charge < -0.3 is 9.55 Å². The molecule has 9 rings (SSSR count). The molecule has 0 atom stereocenters. The van der Waals surface area contributed by atoms with Crippen LogP contribution in [0.4, 0.5) is 0 Å². The predicted octanol–water partition coefficient (Wildman–Crippen LogP) is 11.3. The van der Waals surface area contributed by atoms with Crippen molar-refractivity contribution in [3.8, 4) is 39.5 Å². The van der Waals surface area contributed by atoms with Crippen molar-refractivity contribution >= 4 is 55.9 Å². The zero-order valence-corrected chi connectivity index (χ0v) is 34.8. The van der Waals surface area contributed by atoms with E-state index in [1.54, 1.807) is 23.5 Å². The summed E-state index contributed by atoms with van der Waals surface area (Å²) in [6.45, 7) is 8.85. The Morgan fingerprint density at radius 2 is 1.57 bits per heavy atom. The van der Waals surface area contributed by atoms with Gasteiger partial charge in [-0.1, -0.05) is 102 Å². The topological polar surface area (TPSA) is 56.5 Å². The van der Waals surface area contributed by atoms with Gasteiger partial charge in [0.25, 0.3) is 0 Å². The number of para-hydroxylation sites is 2. The number of pyridine rings is 3. The zero-order valence-electron chi connectivity index (χ0n) is 33.6. The average Bonchev–Trinajstić information content (AvgIpc) is 3.77. The molecule has 4 aromatic carbocycles. The number of rotatable bonds is 5. The van der Waals surface area contributed by atoms with E-state index in [-0.39, 0.29) is 20.1 Å². The van der Waals surface area contributed by atoms with E-state index in [0.29, 0.717) is 5.56 Å². The van der Waals surface area contributed by atoms with Crippen molar-refractivity contribution in [3.05, 3.63) is 157 Å². The molecule has 5 heterocycles. The maximum absolute atomic E-state index is 7.76. The molecule has 269 valence electrons. The smallest absolute Gasteiger partial charge is 0.113 e. The molecule has 0 aliphatic heterocycles. The van der Waals surface area contributed by atoms with E-state index in [9.17, 15) is 0 Å². The third-order valence-corrected chi connectivity index (χ3v) is 12.4. The third-order valence-electron chi connectivity index (χ3n) is 9.24. The Labute approximate surface area is 339 Å². The standard InChI is InChI=1S/C32H23N4S.C14H16NSi.Ir/c1-19-10-12-22(13-11-19)24-14-15-26(30-29(24)25-7-6-16-33-32(25)37-30)31-35-27-8-4-5-9-28(27)36(31)23-17-20(2)34-21(3)18-23;1-16(2,3)13-9-10-14(15-11-13)12-7-5-4-6-8-12;/h4-14,16-18H,1-3H3;4-7,9-11H,1-3H3;/q2*-1;/i1D3;;. The Bertz CT molecular complexity index is 2830. The minimum atomic E-state index is -2.15. The Kier molecular flexibility index (Phi) is 9.49. The molecule has 0 fully saturated rings. The number of fused-ring (bicyclic) bond motifs is 4. The molecule has 0 saturated carbocycles. The fourth-order valence-electron chi connectivity index (χ4n) is 6.65. The van der Waals surface area contributed by atoms with Gasteiger partial charge >= 0.3 is 0 Å². The molecule has 0 saturated heterocycles. The van der Waals surface area contributed by atoms with Crippen molar-refractivity contribution < 1.29 is 24.2 Å². The van der Waals surface area contributed by atoms with Crippen molar-refractivity contribution in [2.45, 2.75) is 40.3 Å². The summed E-state index contributed by atoms with van der Waals surface area (Å²) in [5.74, 6) is 0.798. The molecular formula is C46H39IrN5SSi-2. The second-order valence-corrected chi connectivity index (χ2v) is 20.2. The van der Waals surface area contributed by atoms with Crippen LogP contribution in [0.3, 0.4) is 0 Å². The molecule has 9 aromatic rings. The molecule has 0 amide bonds. The van der Waals surface area contributed by atoms with Crippen LogP contribution in [0.2, 0.25) is 19.6 Å². The van der Waals surface area contributed by atoms with Crippen LogP contribution >= 0.6 is 11.3 Å². The monoisotopic (exact) mass is 917 g/mol. The predicted molar refractivity (Wildman–Crippen MR) is 225 cm³/mol. The van der Waals surface area contributed by atoms with Crippen LogP contribution in [0.15, 0.2) is 128 Å². The van der Waals surface area contributed by atoms with Gasteiger partial charge in [-0.3, -0.25) is 9.97 Å². The molecule has 5 aromatic heterocycles. The second-order valence-electron chi connectivity index (χ2n) is 14.1. The van der Waals surface area contributed by atoms with Crippen LogP contribution in [0.5, 0.6) is 0 Å². The summed E-state index contributed by atoms with van der Waals surface area (Å²) < 4.78 is 26.5. The van der Waals surface area contributed by atoms with Crippen molar-refractivity contribution in [2.24, 2.45) is 0 Å². The van der Waals surface area contributed by atoms with Crippen LogP contribution in [0.1, 0.15) is 21.1 Å². The number of nitrogens with zero attached hydrogens (tertiary/aromatic N) is 5. The molecule has 8 heteroatoms. The molecule has 0 bridgehead atoms. The van der Waals surface area contributed by atoms with Crippen LogP contribution in [0, 0.1) is 32.8 Å². The van der Waals surface area contributed by atoms with Gasteiger partial charge in [0.1, 0.15) is 4.83 Å². The normalized spacial score (nSPS) is 12.4. The van der Waals surface area contributed by atoms with Gasteiger partial charge in [-0.15, -0.1) is 48.0 Å². The number of thiophene rings is 1. The number of aromatic nitrogens is 5. The number of benzene rings is 4. The van der Waals surface area contributed by atoms with Crippen molar-refractivity contribution in [3.63, 3.8) is 0 Å². The molecule has 0 N–H and O–H groups in total. The second kappa shape index (κ2) is 15.3. The quantitative estimate of drug-likeness (QED) is 0.127. The first kappa shape index (κ1) is 33.5. The SMILES string of the molecule is C[Si](C)(C)c1ccc(-c2[c-]cccc2)nc1.[2H]C([2H])([2H])c1ccc(-c2c[c-]c(-c3nc4ccccc4n3-c3cc(C)nc(C)c3)c3sc4ncccc4c23)cc1.[Ir]. The Hall–Kier alpha value is -5.11. The molecule has 0 unspecified atom stereocenters.